The van der Waals surface area contributed by atoms with Crippen molar-refractivity contribution >= 4 is 40.3 Å². The van der Waals surface area contributed by atoms with Crippen molar-refractivity contribution in [1.82, 2.24) is 10.7 Å². The summed E-state index contributed by atoms with van der Waals surface area (Å²) in [6.07, 6.45) is 4.90. The largest absolute Gasteiger partial charge is 0.477 e. The predicted octanol–water partition coefficient (Wildman–Crippen LogP) is 3.21. The van der Waals surface area contributed by atoms with Crippen LogP contribution in [0.3, 0.4) is 0 Å². The summed E-state index contributed by atoms with van der Waals surface area (Å²) in [5.74, 6) is -0.297. The molecule has 1 saturated carbocycles. The van der Waals surface area contributed by atoms with Crippen LogP contribution in [-0.4, -0.2) is 27.9 Å². The van der Waals surface area contributed by atoms with E-state index in [0.29, 0.717) is 21.9 Å². The summed E-state index contributed by atoms with van der Waals surface area (Å²) in [5, 5.41) is 17.0. The number of carboxylic acid groups (broad SMARTS) is 1. The number of nitrogens with one attached hydrogen (secondary N) is 2. The van der Waals surface area contributed by atoms with Gasteiger partial charge in [-0.15, -0.1) is 11.3 Å². The first-order valence-corrected chi connectivity index (χ1v) is 8.64. The van der Waals surface area contributed by atoms with Gasteiger partial charge in [-0.1, -0.05) is 19.8 Å². The monoisotopic (exact) mass is 339 g/mol. The number of thiocarbonyl (C=S) groups is 1. The molecule has 1 aromatic heterocycles. The molecule has 0 aromatic carbocycles. The third kappa shape index (κ3) is 4.51. The highest BCUT2D eigenvalue weighted by atomic mass is 32.1. The Kier molecular flexibility index (Phi) is 5.90. The normalized spacial score (nSPS) is 22.2. The van der Waals surface area contributed by atoms with Gasteiger partial charge in [-0.05, 0) is 50.0 Å². The third-order valence-corrected chi connectivity index (χ3v) is 5.32. The summed E-state index contributed by atoms with van der Waals surface area (Å²) in [6.45, 7) is 4.07. The van der Waals surface area contributed by atoms with Crippen LogP contribution >= 0.6 is 23.6 Å². The van der Waals surface area contributed by atoms with Gasteiger partial charge in [-0.2, -0.15) is 5.10 Å². The highest BCUT2D eigenvalue weighted by Gasteiger charge is 2.21. The van der Waals surface area contributed by atoms with Gasteiger partial charge >= 0.3 is 5.97 Å². The summed E-state index contributed by atoms with van der Waals surface area (Å²) in [7, 11) is 0. The first-order chi connectivity index (χ1) is 10.5. The topological polar surface area (TPSA) is 73.7 Å². The fourth-order valence-electron chi connectivity index (χ4n) is 2.57. The van der Waals surface area contributed by atoms with E-state index in [-0.39, 0.29) is 0 Å². The minimum absolute atomic E-state index is 0.307. The quantitative estimate of drug-likeness (QED) is 0.446. The maximum Gasteiger partial charge on any atom is 0.345 e. The standard InChI is InChI=1S/C15H21N3O2S2/c1-9-5-3-4-6-11(9)16-15(21)18-17-10(2)12-7-8-13(22-12)14(19)20/h7-9,11H,3-6H2,1-2H3,(H,19,20)(H2,16,18,21)/b17-10-/t9-,11-/m1/s1. The van der Waals surface area contributed by atoms with Crippen molar-refractivity contribution in [2.45, 2.75) is 45.6 Å². The Hall–Kier alpha value is -1.47. The number of hydrazone groups is 1. The third-order valence-electron chi connectivity index (χ3n) is 3.93. The molecule has 1 heterocycles. The van der Waals surface area contributed by atoms with Crippen LogP contribution in [0.4, 0.5) is 0 Å². The van der Waals surface area contributed by atoms with E-state index in [9.17, 15) is 4.79 Å². The Bertz CT molecular complexity index is 583. The average molecular weight is 339 g/mol. The molecule has 7 heteroatoms. The fourth-order valence-corrected chi connectivity index (χ4v) is 3.56. The van der Waals surface area contributed by atoms with Crippen LogP contribution < -0.4 is 10.7 Å². The predicted molar refractivity (Wildman–Crippen MR) is 93.8 cm³/mol. The number of aromatic carboxylic acids is 1. The SMILES string of the molecule is C/C(=N/NC(=S)N[C@@H]1CCCC[C@H]1C)c1ccc(C(=O)O)s1. The van der Waals surface area contributed by atoms with Crippen molar-refractivity contribution in [2.24, 2.45) is 11.0 Å². The molecule has 120 valence electrons. The summed E-state index contributed by atoms with van der Waals surface area (Å²) < 4.78 is 0. The summed E-state index contributed by atoms with van der Waals surface area (Å²) >= 11 is 6.49. The van der Waals surface area contributed by atoms with Crippen LogP contribution in [-0.2, 0) is 0 Å². The van der Waals surface area contributed by atoms with Crippen molar-refractivity contribution in [2.75, 3.05) is 0 Å². The smallest absolute Gasteiger partial charge is 0.345 e. The lowest BCUT2D eigenvalue weighted by molar-refractivity contribution is 0.0702. The van der Waals surface area contributed by atoms with Gasteiger partial charge < -0.3 is 10.4 Å². The second kappa shape index (κ2) is 7.69. The number of rotatable bonds is 4. The Balaban J connectivity index is 1.89. The molecule has 0 saturated heterocycles. The van der Waals surface area contributed by atoms with Gasteiger partial charge in [0, 0.05) is 6.04 Å². The number of carbonyl (C=O) groups is 1. The van der Waals surface area contributed by atoms with Crippen molar-refractivity contribution in [3.8, 4) is 0 Å². The van der Waals surface area contributed by atoms with Crippen LogP contribution in [0.5, 0.6) is 0 Å². The molecule has 0 bridgehead atoms. The van der Waals surface area contributed by atoms with E-state index in [1.165, 1.54) is 30.6 Å². The molecule has 1 aliphatic rings. The van der Waals surface area contributed by atoms with E-state index < -0.39 is 5.97 Å². The summed E-state index contributed by atoms with van der Waals surface area (Å²) in [4.78, 5) is 12.0. The molecule has 3 N–H and O–H groups in total. The summed E-state index contributed by atoms with van der Waals surface area (Å²) in [5.41, 5.74) is 3.58. The zero-order chi connectivity index (χ0) is 16.1. The first kappa shape index (κ1) is 16.9. The van der Waals surface area contributed by atoms with Crippen molar-refractivity contribution in [3.63, 3.8) is 0 Å². The molecule has 0 unspecified atom stereocenters. The molecule has 0 aliphatic heterocycles. The lowest BCUT2D eigenvalue weighted by Crippen LogP contribution is -2.44. The number of nitrogens with zero attached hydrogens (tertiary/aromatic N) is 1. The minimum atomic E-state index is -0.916. The van der Waals surface area contributed by atoms with Crippen molar-refractivity contribution in [3.05, 3.63) is 21.9 Å². The second-order valence-electron chi connectivity index (χ2n) is 5.62. The molecule has 2 rings (SSSR count). The van der Waals surface area contributed by atoms with Gasteiger partial charge in [-0.25, -0.2) is 4.79 Å². The van der Waals surface area contributed by atoms with Crippen molar-refractivity contribution < 1.29 is 9.90 Å². The van der Waals surface area contributed by atoms with Gasteiger partial charge in [0.25, 0.3) is 0 Å². The fraction of sp³-hybridized carbons (Fsp3) is 0.533. The molecule has 1 fully saturated rings. The average Bonchev–Trinajstić information content (AvgIpc) is 2.97. The van der Waals surface area contributed by atoms with Gasteiger partial charge in [0.15, 0.2) is 5.11 Å². The molecular formula is C15H21N3O2S2. The number of hydrogen-bond donors (Lipinski definition) is 3. The van der Waals surface area contributed by atoms with E-state index >= 15 is 0 Å². The van der Waals surface area contributed by atoms with E-state index in [1.807, 2.05) is 6.92 Å². The van der Waals surface area contributed by atoms with Crippen LogP contribution in [0.25, 0.3) is 0 Å². The van der Waals surface area contributed by atoms with Gasteiger partial charge in [-0.3, -0.25) is 5.43 Å². The van der Waals surface area contributed by atoms with E-state index in [4.69, 9.17) is 17.3 Å². The van der Waals surface area contributed by atoms with Crippen LogP contribution in [0.15, 0.2) is 17.2 Å². The Morgan fingerprint density at radius 1 is 1.36 bits per heavy atom. The first-order valence-electron chi connectivity index (χ1n) is 7.41. The zero-order valence-corrected chi connectivity index (χ0v) is 14.4. The van der Waals surface area contributed by atoms with Crippen LogP contribution in [0.2, 0.25) is 0 Å². The highest BCUT2D eigenvalue weighted by molar-refractivity contribution is 7.80. The molecule has 1 aliphatic carbocycles. The molecule has 5 nitrogen and oxygen atoms in total. The summed E-state index contributed by atoms with van der Waals surface area (Å²) in [6, 6.07) is 3.75. The minimum Gasteiger partial charge on any atom is -0.477 e. The molecule has 0 amide bonds. The Labute approximate surface area is 139 Å². The zero-order valence-electron chi connectivity index (χ0n) is 12.8. The molecule has 2 atom stereocenters. The van der Waals surface area contributed by atoms with Gasteiger partial charge in [0.05, 0.1) is 10.6 Å². The molecule has 0 spiro atoms. The Morgan fingerprint density at radius 2 is 2.05 bits per heavy atom. The number of hydrogen-bond acceptors (Lipinski definition) is 4. The van der Waals surface area contributed by atoms with Gasteiger partial charge in [0.1, 0.15) is 4.88 Å². The van der Waals surface area contributed by atoms with E-state index in [2.05, 4.69) is 22.8 Å². The van der Waals surface area contributed by atoms with E-state index in [1.54, 1.807) is 12.1 Å². The van der Waals surface area contributed by atoms with Gasteiger partial charge in [0.2, 0.25) is 0 Å². The Morgan fingerprint density at radius 3 is 2.68 bits per heavy atom. The molecular weight excluding hydrogens is 318 g/mol. The van der Waals surface area contributed by atoms with Crippen LogP contribution in [0.1, 0.15) is 54.1 Å². The lowest BCUT2D eigenvalue weighted by Gasteiger charge is -2.30. The highest BCUT2D eigenvalue weighted by Crippen LogP contribution is 2.23. The van der Waals surface area contributed by atoms with E-state index in [0.717, 1.165) is 17.0 Å². The van der Waals surface area contributed by atoms with Crippen LogP contribution in [0, 0.1) is 5.92 Å². The maximum absolute atomic E-state index is 10.9. The maximum atomic E-state index is 10.9. The molecule has 1 aromatic rings. The lowest BCUT2D eigenvalue weighted by atomic mass is 9.86. The second-order valence-corrected chi connectivity index (χ2v) is 7.11. The number of thiophene rings is 1. The number of carboxylic acids is 1. The van der Waals surface area contributed by atoms with Crippen molar-refractivity contribution in [1.29, 1.82) is 0 Å². The molecule has 22 heavy (non-hydrogen) atoms. The molecule has 0 radical (unpaired) electrons.